The van der Waals surface area contributed by atoms with Gasteiger partial charge < -0.3 is 4.57 Å². The molecule has 0 N–H and O–H groups in total. The molecular formula is C41H35OP. The number of unbranched alkanes of at least 4 members (excludes halogenated alkanes) is 2. The van der Waals surface area contributed by atoms with Gasteiger partial charge in [-0.15, -0.1) is 0 Å². The lowest BCUT2D eigenvalue weighted by Gasteiger charge is -2.27. The molecule has 6 aromatic carbocycles. The Kier molecular flexibility index (Phi) is 7.44. The summed E-state index contributed by atoms with van der Waals surface area (Å²) in [5, 5.41) is 2.89. The van der Waals surface area contributed by atoms with Crippen LogP contribution in [-0.4, -0.2) is 0 Å². The summed E-state index contributed by atoms with van der Waals surface area (Å²) in [5.41, 5.74) is 10.6. The Balaban J connectivity index is 1.74. The van der Waals surface area contributed by atoms with Crippen LogP contribution in [0.15, 0.2) is 146 Å². The van der Waals surface area contributed by atoms with Gasteiger partial charge in [0.15, 0.2) is 7.14 Å². The van der Waals surface area contributed by atoms with E-state index in [0.717, 1.165) is 58.3 Å². The van der Waals surface area contributed by atoms with Crippen LogP contribution in [0.3, 0.4) is 0 Å². The van der Waals surface area contributed by atoms with E-state index in [-0.39, 0.29) is 0 Å². The van der Waals surface area contributed by atoms with Crippen molar-refractivity contribution in [2.24, 2.45) is 0 Å². The van der Waals surface area contributed by atoms with Crippen molar-refractivity contribution < 1.29 is 4.57 Å². The van der Waals surface area contributed by atoms with Crippen molar-refractivity contribution in [2.75, 3.05) is 0 Å². The molecule has 0 saturated carbocycles. The normalized spacial score (nSPS) is 15.2. The van der Waals surface area contributed by atoms with Crippen molar-refractivity contribution in [1.82, 2.24) is 0 Å². The predicted octanol–water partition coefficient (Wildman–Crippen LogP) is 10.0. The molecule has 1 unspecified atom stereocenters. The molecule has 210 valence electrons. The summed E-state index contributed by atoms with van der Waals surface area (Å²) in [4.78, 5) is 0. The fourth-order valence-corrected chi connectivity index (χ4v) is 10.2. The van der Waals surface area contributed by atoms with E-state index in [2.05, 4.69) is 134 Å². The van der Waals surface area contributed by atoms with Gasteiger partial charge in [0, 0.05) is 21.5 Å². The number of benzene rings is 6. The van der Waals surface area contributed by atoms with Crippen molar-refractivity contribution in [3.8, 4) is 44.5 Å². The molecule has 0 saturated heterocycles. The van der Waals surface area contributed by atoms with Gasteiger partial charge in [-0.1, -0.05) is 165 Å². The van der Waals surface area contributed by atoms with Crippen molar-refractivity contribution in [1.29, 1.82) is 0 Å². The Morgan fingerprint density at radius 2 is 0.953 bits per heavy atom. The Labute approximate surface area is 255 Å². The zero-order chi connectivity index (χ0) is 29.2. The summed E-state index contributed by atoms with van der Waals surface area (Å²) in [5.74, 6) is 0. The topological polar surface area (TPSA) is 17.1 Å². The third kappa shape index (κ3) is 4.60. The Bertz CT molecular complexity index is 1930. The standard InChI is InChI=1S/C41H35OP/c1-2-3-8-28-35-37(30-19-9-4-10-20-30)38(31-21-11-5-12-22-31)39(32-23-13-6-14-24-32)40-34-27-17-18-29-36(34)43(42,41(35)40)33-25-15-7-16-26-33/h4-7,9-27,29H,2-3,8,28H2,1H3. The first-order valence-electron chi connectivity index (χ1n) is 15.4. The minimum absolute atomic E-state index is 0.875. The molecule has 0 aliphatic carbocycles. The van der Waals surface area contributed by atoms with Gasteiger partial charge in [-0.3, -0.25) is 0 Å². The van der Waals surface area contributed by atoms with E-state index in [1.807, 2.05) is 18.2 Å². The van der Waals surface area contributed by atoms with Gasteiger partial charge in [0.1, 0.15) is 0 Å². The van der Waals surface area contributed by atoms with Crippen LogP contribution in [-0.2, 0) is 11.0 Å². The second kappa shape index (κ2) is 11.7. The van der Waals surface area contributed by atoms with Gasteiger partial charge in [-0.2, -0.15) is 0 Å². The molecule has 0 aromatic heterocycles. The number of fused-ring (bicyclic) bond motifs is 3. The third-order valence-electron chi connectivity index (χ3n) is 8.74. The molecule has 0 fully saturated rings. The van der Waals surface area contributed by atoms with E-state index in [4.69, 9.17) is 0 Å². The van der Waals surface area contributed by atoms with Gasteiger partial charge in [0.2, 0.25) is 0 Å². The van der Waals surface area contributed by atoms with Crippen molar-refractivity contribution in [3.05, 3.63) is 151 Å². The Morgan fingerprint density at radius 1 is 0.488 bits per heavy atom. The highest BCUT2D eigenvalue weighted by Gasteiger charge is 2.45. The number of hydrogen-bond donors (Lipinski definition) is 0. The average molecular weight is 575 g/mol. The third-order valence-corrected chi connectivity index (χ3v) is 12.0. The lowest BCUT2D eigenvalue weighted by molar-refractivity contribution is 0.592. The molecule has 0 bridgehead atoms. The molecule has 43 heavy (non-hydrogen) atoms. The first kappa shape index (κ1) is 27.4. The summed E-state index contributed by atoms with van der Waals surface area (Å²) < 4.78 is 16.1. The van der Waals surface area contributed by atoms with E-state index < -0.39 is 7.14 Å². The lowest BCUT2D eigenvalue weighted by Crippen LogP contribution is -2.24. The van der Waals surface area contributed by atoms with Gasteiger partial charge in [0.25, 0.3) is 0 Å². The van der Waals surface area contributed by atoms with E-state index in [0.29, 0.717) is 0 Å². The van der Waals surface area contributed by atoms with E-state index in [9.17, 15) is 0 Å². The van der Waals surface area contributed by atoms with Gasteiger partial charge in [-0.25, -0.2) is 0 Å². The monoisotopic (exact) mass is 574 g/mol. The zero-order valence-corrected chi connectivity index (χ0v) is 25.4. The summed E-state index contributed by atoms with van der Waals surface area (Å²) in [6, 6.07) is 51.0. The molecule has 6 aromatic rings. The minimum Gasteiger partial charge on any atom is -0.309 e. The van der Waals surface area contributed by atoms with E-state index >= 15 is 4.57 Å². The maximum Gasteiger partial charge on any atom is 0.172 e. The molecule has 1 aliphatic rings. The summed E-state index contributed by atoms with van der Waals surface area (Å²) in [6.07, 6.45) is 4.19. The van der Waals surface area contributed by atoms with Gasteiger partial charge in [-0.05, 0) is 57.3 Å². The molecule has 1 nitrogen and oxygen atoms in total. The van der Waals surface area contributed by atoms with Gasteiger partial charge in [0.05, 0.1) is 0 Å². The highest BCUT2D eigenvalue weighted by molar-refractivity contribution is 7.86. The van der Waals surface area contributed by atoms with Gasteiger partial charge >= 0.3 is 0 Å². The van der Waals surface area contributed by atoms with Crippen LogP contribution in [0, 0.1) is 0 Å². The summed E-state index contributed by atoms with van der Waals surface area (Å²) in [6.45, 7) is 2.25. The Hall–Kier alpha value is -4.45. The SMILES string of the molecule is CCCCCc1c(-c2ccccc2)c(-c2ccccc2)c(-c2ccccc2)c2c1P(=O)(c1ccccc1)c1ccccc1-2. The van der Waals surface area contributed by atoms with Crippen molar-refractivity contribution in [2.45, 2.75) is 32.6 Å². The molecule has 1 heterocycles. The number of hydrogen-bond acceptors (Lipinski definition) is 1. The fourth-order valence-electron chi connectivity index (χ4n) is 6.89. The van der Waals surface area contributed by atoms with Crippen LogP contribution in [0.25, 0.3) is 44.5 Å². The zero-order valence-electron chi connectivity index (χ0n) is 24.5. The quantitative estimate of drug-likeness (QED) is 0.130. The molecule has 1 aliphatic heterocycles. The second-order valence-electron chi connectivity index (χ2n) is 11.3. The molecule has 1 atom stereocenters. The highest BCUT2D eigenvalue weighted by Crippen LogP contribution is 2.59. The smallest absolute Gasteiger partial charge is 0.172 e. The minimum atomic E-state index is -3.19. The molecule has 0 radical (unpaired) electrons. The highest BCUT2D eigenvalue weighted by atomic mass is 31.2. The number of rotatable bonds is 8. The Morgan fingerprint density at radius 3 is 1.51 bits per heavy atom. The summed E-state index contributed by atoms with van der Waals surface area (Å²) >= 11 is 0. The van der Waals surface area contributed by atoms with Crippen molar-refractivity contribution in [3.63, 3.8) is 0 Å². The molecular weight excluding hydrogens is 539 g/mol. The molecule has 0 spiro atoms. The molecule has 7 rings (SSSR count). The van der Waals surface area contributed by atoms with Crippen LogP contribution in [0.4, 0.5) is 0 Å². The first-order valence-corrected chi connectivity index (χ1v) is 17.1. The molecule has 0 amide bonds. The van der Waals surface area contributed by atoms with Crippen LogP contribution in [0.1, 0.15) is 31.7 Å². The lowest BCUT2D eigenvalue weighted by atomic mass is 9.79. The largest absolute Gasteiger partial charge is 0.309 e. The predicted molar refractivity (Wildman–Crippen MR) is 184 cm³/mol. The second-order valence-corrected chi connectivity index (χ2v) is 14.0. The summed E-state index contributed by atoms with van der Waals surface area (Å²) in [7, 11) is -3.19. The maximum atomic E-state index is 16.1. The van der Waals surface area contributed by atoms with Crippen LogP contribution < -0.4 is 15.9 Å². The van der Waals surface area contributed by atoms with E-state index in [1.165, 1.54) is 33.4 Å². The van der Waals surface area contributed by atoms with Crippen LogP contribution >= 0.6 is 7.14 Å². The van der Waals surface area contributed by atoms with E-state index in [1.54, 1.807) is 0 Å². The molecule has 2 heteroatoms. The fraction of sp³-hybridized carbons (Fsp3) is 0.122. The van der Waals surface area contributed by atoms with Crippen LogP contribution in [0.2, 0.25) is 0 Å². The maximum absolute atomic E-state index is 16.1. The average Bonchev–Trinajstić information content (AvgIpc) is 3.35. The van der Waals surface area contributed by atoms with Crippen LogP contribution in [0.5, 0.6) is 0 Å². The van der Waals surface area contributed by atoms with Crippen molar-refractivity contribution >= 4 is 23.1 Å². The first-order chi connectivity index (χ1) is 21.2.